The van der Waals surface area contributed by atoms with E-state index in [4.69, 9.17) is 16.3 Å². The van der Waals surface area contributed by atoms with Crippen LogP contribution >= 0.6 is 11.6 Å². The highest BCUT2D eigenvalue weighted by Gasteiger charge is 2.10. The molecule has 64 valence electrons. The van der Waals surface area contributed by atoms with Crippen LogP contribution in [0.5, 0.6) is 5.75 Å². The van der Waals surface area contributed by atoms with Crippen molar-refractivity contribution in [3.8, 4) is 5.75 Å². The fourth-order valence-corrected chi connectivity index (χ4v) is 1.38. The molecule has 0 unspecified atom stereocenters. The minimum atomic E-state index is 0.620. The Morgan fingerprint density at radius 3 is 3.33 bits per heavy atom. The van der Waals surface area contributed by atoms with Gasteiger partial charge in [0.2, 0.25) is 0 Å². The van der Waals surface area contributed by atoms with E-state index in [0.717, 1.165) is 31.0 Å². The fourth-order valence-electron chi connectivity index (χ4n) is 1.17. The van der Waals surface area contributed by atoms with E-state index < -0.39 is 0 Å². The Bertz CT molecular complexity index is 290. The number of pyridine rings is 1. The van der Waals surface area contributed by atoms with Crippen LogP contribution < -0.4 is 10.1 Å². The molecule has 0 bridgehead atoms. The molecule has 1 aromatic rings. The number of nitrogens with one attached hydrogen (secondary N) is 1. The summed E-state index contributed by atoms with van der Waals surface area (Å²) in [6.07, 6.45) is 4.28. The van der Waals surface area contributed by atoms with Crippen molar-refractivity contribution in [3.63, 3.8) is 0 Å². The van der Waals surface area contributed by atoms with Crippen LogP contribution in [0.4, 0.5) is 5.69 Å². The summed E-state index contributed by atoms with van der Waals surface area (Å²) in [4.78, 5) is 3.94. The van der Waals surface area contributed by atoms with Gasteiger partial charge in [0.15, 0.2) is 5.75 Å². The SMILES string of the molecule is Clc1cncc2c1NCCCO2. The van der Waals surface area contributed by atoms with Gasteiger partial charge in [-0.25, -0.2) is 0 Å². The Morgan fingerprint density at radius 2 is 2.42 bits per heavy atom. The van der Waals surface area contributed by atoms with Crippen LogP contribution in [0.3, 0.4) is 0 Å². The van der Waals surface area contributed by atoms with Crippen molar-refractivity contribution in [3.05, 3.63) is 17.4 Å². The molecule has 0 atom stereocenters. The molecule has 1 aliphatic heterocycles. The number of halogens is 1. The zero-order chi connectivity index (χ0) is 8.39. The molecular formula is C8H9ClN2O. The van der Waals surface area contributed by atoms with Gasteiger partial charge in [-0.1, -0.05) is 11.6 Å². The van der Waals surface area contributed by atoms with Crippen molar-refractivity contribution >= 4 is 17.3 Å². The molecule has 0 saturated heterocycles. The number of anilines is 1. The second kappa shape index (κ2) is 3.19. The van der Waals surface area contributed by atoms with Crippen molar-refractivity contribution in [1.82, 2.24) is 4.98 Å². The Hall–Kier alpha value is -0.960. The van der Waals surface area contributed by atoms with E-state index in [9.17, 15) is 0 Å². The third-order valence-corrected chi connectivity index (χ3v) is 2.03. The highest BCUT2D eigenvalue weighted by molar-refractivity contribution is 6.33. The van der Waals surface area contributed by atoms with Crippen molar-refractivity contribution in [2.24, 2.45) is 0 Å². The molecule has 3 nitrogen and oxygen atoms in total. The first-order chi connectivity index (χ1) is 5.88. The third-order valence-electron chi connectivity index (χ3n) is 1.75. The van der Waals surface area contributed by atoms with Gasteiger partial charge in [-0.15, -0.1) is 0 Å². The lowest BCUT2D eigenvalue weighted by atomic mass is 10.3. The topological polar surface area (TPSA) is 34.2 Å². The van der Waals surface area contributed by atoms with E-state index >= 15 is 0 Å². The zero-order valence-electron chi connectivity index (χ0n) is 6.51. The molecule has 2 rings (SSSR count). The Labute approximate surface area is 75.7 Å². The van der Waals surface area contributed by atoms with Gasteiger partial charge in [0.1, 0.15) is 0 Å². The largest absolute Gasteiger partial charge is 0.490 e. The van der Waals surface area contributed by atoms with E-state index in [2.05, 4.69) is 10.3 Å². The predicted molar refractivity (Wildman–Crippen MR) is 47.8 cm³/mol. The molecule has 1 N–H and O–H groups in total. The van der Waals surface area contributed by atoms with E-state index in [1.54, 1.807) is 12.4 Å². The van der Waals surface area contributed by atoms with Crippen LogP contribution in [0.25, 0.3) is 0 Å². The number of nitrogens with zero attached hydrogens (tertiary/aromatic N) is 1. The first kappa shape index (κ1) is 7.68. The minimum Gasteiger partial charge on any atom is -0.490 e. The Morgan fingerprint density at radius 1 is 1.50 bits per heavy atom. The number of rotatable bonds is 0. The molecule has 0 spiro atoms. The van der Waals surface area contributed by atoms with Gasteiger partial charge in [-0.05, 0) is 6.42 Å². The van der Waals surface area contributed by atoms with Gasteiger partial charge in [0.05, 0.1) is 23.5 Å². The van der Waals surface area contributed by atoms with Crippen LogP contribution in [0.15, 0.2) is 12.4 Å². The molecule has 1 aliphatic rings. The molecule has 0 aromatic carbocycles. The summed E-state index contributed by atoms with van der Waals surface area (Å²) in [6, 6.07) is 0. The first-order valence-corrected chi connectivity index (χ1v) is 4.26. The van der Waals surface area contributed by atoms with Gasteiger partial charge in [-0.3, -0.25) is 4.98 Å². The Kier molecular flexibility index (Phi) is 2.04. The standard InChI is InChI=1S/C8H9ClN2O/c9-6-4-10-5-7-8(6)11-2-1-3-12-7/h4-5,11H,1-3H2. The molecule has 0 fully saturated rings. The molecule has 0 amide bonds. The van der Waals surface area contributed by atoms with E-state index in [1.165, 1.54) is 0 Å². The number of hydrogen-bond acceptors (Lipinski definition) is 3. The van der Waals surface area contributed by atoms with Gasteiger partial charge < -0.3 is 10.1 Å². The van der Waals surface area contributed by atoms with Gasteiger partial charge >= 0.3 is 0 Å². The van der Waals surface area contributed by atoms with Crippen LogP contribution in [0, 0.1) is 0 Å². The van der Waals surface area contributed by atoms with E-state index in [0.29, 0.717) is 5.02 Å². The molecule has 1 aromatic heterocycles. The second-order valence-electron chi connectivity index (χ2n) is 2.62. The summed E-state index contributed by atoms with van der Waals surface area (Å²) >= 11 is 5.91. The summed E-state index contributed by atoms with van der Waals surface area (Å²) in [7, 11) is 0. The first-order valence-electron chi connectivity index (χ1n) is 3.88. The normalized spacial score (nSPS) is 15.4. The quantitative estimate of drug-likeness (QED) is 0.669. The Balaban J connectivity index is 2.42. The zero-order valence-corrected chi connectivity index (χ0v) is 7.27. The maximum absolute atomic E-state index is 5.91. The minimum absolute atomic E-state index is 0.620. The van der Waals surface area contributed by atoms with Gasteiger partial charge in [0.25, 0.3) is 0 Å². The van der Waals surface area contributed by atoms with Crippen molar-refractivity contribution < 1.29 is 4.74 Å². The number of ether oxygens (including phenoxy) is 1. The summed E-state index contributed by atoms with van der Waals surface area (Å²) in [5.74, 6) is 0.750. The highest BCUT2D eigenvalue weighted by Crippen LogP contribution is 2.32. The molecule has 12 heavy (non-hydrogen) atoms. The van der Waals surface area contributed by atoms with Gasteiger partial charge in [-0.2, -0.15) is 0 Å². The maximum atomic E-state index is 5.91. The number of hydrogen-bond donors (Lipinski definition) is 1. The summed E-state index contributed by atoms with van der Waals surface area (Å²) in [5, 5.41) is 3.82. The summed E-state index contributed by atoms with van der Waals surface area (Å²) < 4.78 is 5.42. The summed E-state index contributed by atoms with van der Waals surface area (Å²) in [5.41, 5.74) is 0.865. The maximum Gasteiger partial charge on any atom is 0.162 e. The van der Waals surface area contributed by atoms with Crippen molar-refractivity contribution in [2.75, 3.05) is 18.5 Å². The molecule has 2 heterocycles. The number of fused-ring (bicyclic) bond motifs is 1. The molecule has 4 heteroatoms. The monoisotopic (exact) mass is 184 g/mol. The van der Waals surface area contributed by atoms with E-state index in [-0.39, 0.29) is 0 Å². The van der Waals surface area contributed by atoms with Crippen LogP contribution in [0.1, 0.15) is 6.42 Å². The lowest BCUT2D eigenvalue weighted by Gasteiger charge is -2.07. The molecular weight excluding hydrogens is 176 g/mol. The summed E-state index contributed by atoms with van der Waals surface area (Å²) in [6.45, 7) is 1.62. The van der Waals surface area contributed by atoms with Crippen LogP contribution in [-0.4, -0.2) is 18.1 Å². The number of aromatic nitrogens is 1. The van der Waals surface area contributed by atoms with Crippen LogP contribution in [-0.2, 0) is 0 Å². The molecule has 0 saturated carbocycles. The molecule has 0 aliphatic carbocycles. The lowest BCUT2D eigenvalue weighted by molar-refractivity contribution is 0.322. The smallest absolute Gasteiger partial charge is 0.162 e. The lowest BCUT2D eigenvalue weighted by Crippen LogP contribution is -2.00. The third kappa shape index (κ3) is 1.32. The highest BCUT2D eigenvalue weighted by atomic mass is 35.5. The van der Waals surface area contributed by atoms with Crippen LogP contribution in [0.2, 0.25) is 5.02 Å². The van der Waals surface area contributed by atoms with E-state index in [1.807, 2.05) is 0 Å². The average Bonchev–Trinajstić information content (AvgIpc) is 2.30. The predicted octanol–water partition coefficient (Wildman–Crippen LogP) is 1.93. The van der Waals surface area contributed by atoms with Gasteiger partial charge in [0, 0.05) is 12.7 Å². The molecule has 0 radical (unpaired) electrons. The van der Waals surface area contributed by atoms with Crippen molar-refractivity contribution in [1.29, 1.82) is 0 Å². The van der Waals surface area contributed by atoms with Crippen molar-refractivity contribution in [2.45, 2.75) is 6.42 Å². The fraction of sp³-hybridized carbons (Fsp3) is 0.375. The average molecular weight is 185 g/mol. The second-order valence-corrected chi connectivity index (χ2v) is 3.03.